The van der Waals surface area contributed by atoms with Crippen molar-refractivity contribution < 1.29 is 19.7 Å². The molecule has 0 amide bonds. The molecule has 0 bridgehead atoms. The van der Waals surface area contributed by atoms with Gasteiger partial charge in [-0.05, 0) is 13.0 Å². The molecule has 1 rings (SSSR count). The lowest BCUT2D eigenvalue weighted by Crippen LogP contribution is -2.41. The Morgan fingerprint density at radius 2 is 2.36 bits per heavy atom. The van der Waals surface area contributed by atoms with Gasteiger partial charge in [0, 0.05) is 26.0 Å². The topological polar surface area (TPSA) is 78.8 Å². The Balaban J connectivity index is 2.00. The van der Waals surface area contributed by atoms with Gasteiger partial charge in [-0.25, -0.2) is 0 Å². The minimum absolute atomic E-state index is 0.169. The van der Waals surface area contributed by atoms with Gasteiger partial charge in [-0.1, -0.05) is 0 Å². The van der Waals surface area contributed by atoms with E-state index in [2.05, 4.69) is 5.32 Å². The Kier molecular flexibility index (Phi) is 4.31. The van der Waals surface area contributed by atoms with Gasteiger partial charge in [-0.3, -0.25) is 4.79 Å². The molecule has 0 aliphatic carbocycles. The fourth-order valence-electron chi connectivity index (χ4n) is 1.42. The molecular formula is C9H17NO4. The molecule has 1 atom stereocenters. The average molecular weight is 203 g/mol. The summed E-state index contributed by atoms with van der Waals surface area (Å²) in [5.41, 5.74) is -0.747. The van der Waals surface area contributed by atoms with Crippen molar-refractivity contribution in [3.8, 4) is 0 Å². The van der Waals surface area contributed by atoms with Crippen molar-refractivity contribution in [3.05, 3.63) is 0 Å². The van der Waals surface area contributed by atoms with Crippen LogP contribution in [0.2, 0.25) is 0 Å². The zero-order valence-electron chi connectivity index (χ0n) is 8.16. The molecule has 0 aromatic rings. The number of hydrogen-bond acceptors (Lipinski definition) is 4. The van der Waals surface area contributed by atoms with Crippen molar-refractivity contribution >= 4 is 5.97 Å². The third kappa shape index (κ3) is 4.04. The van der Waals surface area contributed by atoms with Gasteiger partial charge in [-0.2, -0.15) is 0 Å². The Labute approximate surface area is 83.1 Å². The molecule has 0 spiro atoms. The Bertz CT molecular complexity index is 189. The van der Waals surface area contributed by atoms with Crippen molar-refractivity contribution in [2.24, 2.45) is 0 Å². The van der Waals surface area contributed by atoms with Gasteiger partial charge in [0.15, 0.2) is 0 Å². The maximum absolute atomic E-state index is 10.2. The van der Waals surface area contributed by atoms with Gasteiger partial charge in [0.1, 0.15) is 5.60 Å². The highest BCUT2D eigenvalue weighted by molar-refractivity contribution is 5.66. The predicted molar refractivity (Wildman–Crippen MR) is 50.1 cm³/mol. The number of aliphatic carboxylic acids is 1. The first-order valence-electron chi connectivity index (χ1n) is 4.85. The van der Waals surface area contributed by atoms with E-state index < -0.39 is 11.6 Å². The average Bonchev–Trinajstić information content (AvgIpc) is 2.51. The summed E-state index contributed by atoms with van der Waals surface area (Å²) in [6, 6.07) is 0. The highest BCUT2D eigenvalue weighted by atomic mass is 16.5. The van der Waals surface area contributed by atoms with Gasteiger partial charge in [0.25, 0.3) is 0 Å². The second kappa shape index (κ2) is 5.29. The molecule has 5 heteroatoms. The summed E-state index contributed by atoms with van der Waals surface area (Å²) in [4.78, 5) is 10.2. The van der Waals surface area contributed by atoms with E-state index >= 15 is 0 Å². The number of rotatable bonds is 6. The fourth-order valence-corrected chi connectivity index (χ4v) is 1.42. The van der Waals surface area contributed by atoms with E-state index in [-0.39, 0.29) is 6.42 Å². The van der Waals surface area contributed by atoms with Crippen molar-refractivity contribution in [2.45, 2.75) is 24.9 Å². The molecule has 82 valence electrons. The molecule has 1 heterocycles. The SMILES string of the molecule is O=C(O)CCCNCC1(O)CCOC1. The van der Waals surface area contributed by atoms with Crippen molar-refractivity contribution in [2.75, 3.05) is 26.3 Å². The maximum atomic E-state index is 10.2. The van der Waals surface area contributed by atoms with Gasteiger partial charge < -0.3 is 20.3 Å². The van der Waals surface area contributed by atoms with Crippen LogP contribution in [0, 0.1) is 0 Å². The largest absolute Gasteiger partial charge is 0.481 e. The van der Waals surface area contributed by atoms with E-state index in [1.165, 1.54) is 0 Å². The highest BCUT2D eigenvalue weighted by Gasteiger charge is 2.31. The van der Waals surface area contributed by atoms with Gasteiger partial charge in [0.05, 0.1) is 6.61 Å². The standard InChI is InChI=1S/C9H17NO4/c11-8(12)2-1-4-10-6-9(13)3-5-14-7-9/h10,13H,1-7H2,(H,11,12). The first-order chi connectivity index (χ1) is 6.62. The summed E-state index contributed by atoms with van der Waals surface area (Å²) in [6.07, 6.45) is 1.41. The highest BCUT2D eigenvalue weighted by Crippen LogP contribution is 2.16. The zero-order valence-corrected chi connectivity index (χ0v) is 8.16. The van der Waals surface area contributed by atoms with Crippen molar-refractivity contribution in [3.63, 3.8) is 0 Å². The molecule has 0 saturated carbocycles. The van der Waals surface area contributed by atoms with Crippen LogP contribution >= 0.6 is 0 Å². The molecule has 3 N–H and O–H groups in total. The molecule has 1 aliphatic heterocycles. The lowest BCUT2D eigenvalue weighted by Gasteiger charge is -2.20. The van der Waals surface area contributed by atoms with E-state index in [1.54, 1.807) is 0 Å². The summed E-state index contributed by atoms with van der Waals surface area (Å²) in [6.45, 7) is 2.08. The molecule has 1 unspecified atom stereocenters. The van der Waals surface area contributed by atoms with Crippen LogP contribution in [0.5, 0.6) is 0 Å². The van der Waals surface area contributed by atoms with E-state index in [1.807, 2.05) is 0 Å². The summed E-state index contributed by atoms with van der Waals surface area (Å²) in [5.74, 6) is -0.783. The first kappa shape index (κ1) is 11.4. The Hall–Kier alpha value is -0.650. The quantitative estimate of drug-likeness (QED) is 0.511. The van der Waals surface area contributed by atoms with Crippen LogP contribution in [-0.2, 0) is 9.53 Å². The smallest absolute Gasteiger partial charge is 0.303 e. The van der Waals surface area contributed by atoms with E-state index in [9.17, 15) is 9.90 Å². The van der Waals surface area contributed by atoms with Crippen LogP contribution < -0.4 is 5.32 Å². The second-order valence-corrected chi connectivity index (χ2v) is 3.70. The van der Waals surface area contributed by atoms with Crippen molar-refractivity contribution in [1.29, 1.82) is 0 Å². The molecule has 14 heavy (non-hydrogen) atoms. The van der Waals surface area contributed by atoms with E-state index in [0.717, 1.165) is 0 Å². The van der Waals surface area contributed by atoms with E-state index in [4.69, 9.17) is 9.84 Å². The number of carboxylic acids is 1. The van der Waals surface area contributed by atoms with Crippen LogP contribution in [0.3, 0.4) is 0 Å². The lowest BCUT2D eigenvalue weighted by molar-refractivity contribution is -0.137. The van der Waals surface area contributed by atoms with Gasteiger partial charge in [-0.15, -0.1) is 0 Å². The first-order valence-corrected chi connectivity index (χ1v) is 4.85. The molecule has 0 radical (unpaired) electrons. The van der Waals surface area contributed by atoms with E-state index in [0.29, 0.717) is 39.1 Å². The molecule has 1 saturated heterocycles. The molecule has 1 fully saturated rings. The van der Waals surface area contributed by atoms with Crippen LogP contribution in [0.25, 0.3) is 0 Å². The fraction of sp³-hybridized carbons (Fsp3) is 0.889. The molecule has 0 aromatic heterocycles. The normalized spacial score (nSPS) is 26.6. The summed E-state index contributed by atoms with van der Waals surface area (Å²) < 4.78 is 5.07. The third-order valence-corrected chi connectivity index (χ3v) is 2.28. The minimum atomic E-state index is -0.783. The van der Waals surface area contributed by atoms with Crippen molar-refractivity contribution in [1.82, 2.24) is 5.32 Å². The molecule has 5 nitrogen and oxygen atoms in total. The lowest BCUT2D eigenvalue weighted by atomic mass is 10.0. The molecular weight excluding hydrogens is 186 g/mol. The summed E-state index contributed by atoms with van der Waals surface area (Å²) >= 11 is 0. The molecule has 0 aromatic carbocycles. The summed E-state index contributed by atoms with van der Waals surface area (Å²) in [5, 5.41) is 21.2. The Morgan fingerprint density at radius 1 is 1.57 bits per heavy atom. The van der Waals surface area contributed by atoms with Gasteiger partial charge in [0.2, 0.25) is 0 Å². The monoisotopic (exact) mass is 203 g/mol. The third-order valence-electron chi connectivity index (χ3n) is 2.28. The maximum Gasteiger partial charge on any atom is 0.303 e. The summed E-state index contributed by atoms with van der Waals surface area (Å²) in [7, 11) is 0. The van der Waals surface area contributed by atoms with Gasteiger partial charge >= 0.3 is 5.97 Å². The van der Waals surface area contributed by atoms with Crippen LogP contribution in [0.1, 0.15) is 19.3 Å². The van der Waals surface area contributed by atoms with Crippen LogP contribution in [-0.4, -0.2) is 48.1 Å². The second-order valence-electron chi connectivity index (χ2n) is 3.70. The Morgan fingerprint density at radius 3 is 2.93 bits per heavy atom. The minimum Gasteiger partial charge on any atom is -0.481 e. The number of carboxylic acid groups (broad SMARTS) is 1. The predicted octanol–water partition coefficient (Wildman–Crippen LogP) is -0.408. The number of nitrogens with one attached hydrogen (secondary N) is 1. The zero-order chi connectivity index (χ0) is 10.4. The number of ether oxygens (including phenoxy) is 1. The number of carbonyl (C=O) groups is 1. The van der Waals surface area contributed by atoms with Crippen LogP contribution in [0.4, 0.5) is 0 Å². The number of aliphatic hydroxyl groups is 1. The number of hydrogen-bond donors (Lipinski definition) is 3. The molecule has 1 aliphatic rings. The van der Waals surface area contributed by atoms with Crippen LogP contribution in [0.15, 0.2) is 0 Å².